The first-order valence-electron chi connectivity index (χ1n) is 23.6. The van der Waals surface area contributed by atoms with Gasteiger partial charge in [0.15, 0.2) is 14.9 Å². The number of H-pyrrole nitrogens is 1. The normalized spacial score (nSPS) is 20.0. The molecule has 4 aliphatic rings. The molecule has 352 valence electrons. The molecule has 12 nitrogen and oxygen atoms in total. The molecule has 2 bridgehead atoms. The lowest BCUT2D eigenvalue weighted by atomic mass is 9.69. The van der Waals surface area contributed by atoms with Gasteiger partial charge in [0.2, 0.25) is 5.56 Å². The number of hydrogen-bond donors (Lipinski definition) is 4. The minimum atomic E-state index is -2.28. The van der Waals surface area contributed by atoms with Crippen molar-refractivity contribution in [2.45, 2.75) is 127 Å². The number of aromatic hydroxyl groups is 1. The number of aromatic nitrogens is 1. The topological polar surface area (TPSA) is 151 Å². The monoisotopic (exact) mass is 928 g/mol. The smallest absolute Gasteiger partial charge is 0.316 e. The van der Waals surface area contributed by atoms with E-state index >= 15 is 0 Å². The van der Waals surface area contributed by atoms with Gasteiger partial charge in [-0.15, -0.1) is 0 Å². The van der Waals surface area contributed by atoms with Gasteiger partial charge in [0.25, 0.3) is 5.91 Å². The standard InChI is InChI=1S/C51H69ClN4O8Si/c1-50(2,3)65(5,6)64-44(38-16-18-41(57)48-39(38)17-19-46(58)55-48)31-53-30-36-28-40(52)43(29-42(36)61-4)62-33-47(59)54-24-11-8-13-34-14-12-15-37(27-34)51(22-9-7-10-23-51)49(60)63-45-32-56-25-20-35(45)21-26-56/h12,14-19,27-29,35,44-45,53,57H,7-11,13,20-26,30-33H2,1-6H3,(H,54,59)(H,55,58)/t44-,45+/m1/s1. The Morgan fingerprint density at radius 3 is 2.48 bits per heavy atom. The number of amides is 1. The first-order chi connectivity index (χ1) is 31.1. The third-order valence-corrected chi connectivity index (χ3v) is 19.3. The number of phenols is 1. The van der Waals surface area contributed by atoms with E-state index in [1.807, 2.05) is 6.07 Å². The number of hydrogen-bond acceptors (Lipinski definition) is 10. The molecule has 4 aromatic rings. The Morgan fingerprint density at radius 2 is 1.77 bits per heavy atom. The lowest BCUT2D eigenvalue weighted by Crippen LogP contribution is -2.53. The molecule has 4 N–H and O–H groups in total. The van der Waals surface area contributed by atoms with Crippen LogP contribution in [-0.2, 0) is 37.1 Å². The third kappa shape index (κ3) is 11.6. The summed E-state index contributed by atoms with van der Waals surface area (Å²) in [4.78, 5) is 44.3. The molecule has 3 saturated heterocycles. The molecule has 0 unspecified atom stereocenters. The fourth-order valence-electron chi connectivity index (χ4n) is 9.60. The van der Waals surface area contributed by atoms with Gasteiger partial charge >= 0.3 is 5.97 Å². The van der Waals surface area contributed by atoms with Crippen molar-refractivity contribution in [2.75, 3.05) is 46.4 Å². The van der Waals surface area contributed by atoms with Gasteiger partial charge < -0.3 is 39.4 Å². The summed E-state index contributed by atoms with van der Waals surface area (Å²) >= 11 is 6.72. The van der Waals surface area contributed by atoms with Crippen molar-refractivity contribution in [2.24, 2.45) is 5.92 Å². The summed E-state index contributed by atoms with van der Waals surface area (Å²) in [6.07, 6.45) is 9.29. The third-order valence-electron chi connectivity index (χ3n) is 14.5. The number of unbranched alkanes of at least 4 members (excludes halogenated alkanes) is 1. The van der Waals surface area contributed by atoms with Crippen molar-refractivity contribution in [3.63, 3.8) is 0 Å². The minimum Gasteiger partial charge on any atom is -0.506 e. The number of esters is 1. The average Bonchev–Trinajstić information content (AvgIpc) is 3.29. The largest absolute Gasteiger partial charge is 0.506 e. The van der Waals surface area contributed by atoms with Gasteiger partial charge in [-0.2, -0.15) is 0 Å². The first-order valence-corrected chi connectivity index (χ1v) is 26.9. The van der Waals surface area contributed by atoms with Crippen LogP contribution in [0, 0.1) is 5.92 Å². The van der Waals surface area contributed by atoms with Crippen LogP contribution in [0.15, 0.2) is 65.5 Å². The van der Waals surface area contributed by atoms with Gasteiger partial charge in [0, 0.05) is 49.3 Å². The molecule has 0 spiro atoms. The van der Waals surface area contributed by atoms with Crippen molar-refractivity contribution in [3.05, 3.63) is 98.3 Å². The van der Waals surface area contributed by atoms with E-state index < -0.39 is 19.8 Å². The van der Waals surface area contributed by atoms with Crippen LogP contribution in [0.1, 0.15) is 107 Å². The molecule has 2 atom stereocenters. The summed E-state index contributed by atoms with van der Waals surface area (Å²) < 4.78 is 24.9. The second-order valence-corrected chi connectivity index (χ2v) is 25.1. The summed E-state index contributed by atoms with van der Waals surface area (Å²) in [6, 6.07) is 18.6. The molecular formula is C51H69ClN4O8Si. The van der Waals surface area contributed by atoms with E-state index in [1.54, 1.807) is 31.4 Å². The molecule has 3 aliphatic heterocycles. The Balaban J connectivity index is 0.895. The van der Waals surface area contributed by atoms with Crippen LogP contribution in [0.5, 0.6) is 17.2 Å². The highest BCUT2D eigenvalue weighted by atomic mass is 35.5. The number of carbonyl (C=O) groups is 2. The molecule has 4 fully saturated rings. The number of phenolic OH excluding ortho intramolecular Hbond substituents is 1. The molecule has 1 aromatic heterocycles. The van der Waals surface area contributed by atoms with E-state index in [9.17, 15) is 19.5 Å². The van der Waals surface area contributed by atoms with E-state index in [1.165, 1.54) is 11.6 Å². The summed E-state index contributed by atoms with van der Waals surface area (Å²) in [7, 11) is -0.699. The number of aryl methyl sites for hydroxylation is 1. The molecular weight excluding hydrogens is 860 g/mol. The number of piperidine rings is 3. The van der Waals surface area contributed by atoms with Crippen LogP contribution in [0.2, 0.25) is 23.2 Å². The molecule has 1 amide bonds. The first kappa shape index (κ1) is 48.5. The minimum absolute atomic E-state index is 0.00330. The number of halogens is 1. The fourth-order valence-corrected chi connectivity index (χ4v) is 11.1. The molecule has 1 aliphatic carbocycles. The van der Waals surface area contributed by atoms with Crippen molar-refractivity contribution >= 4 is 42.7 Å². The number of benzene rings is 3. The van der Waals surface area contributed by atoms with Crippen LogP contribution >= 0.6 is 11.6 Å². The van der Waals surface area contributed by atoms with E-state index in [4.69, 9.17) is 30.2 Å². The highest BCUT2D eigenvalue weighted by molar-refractivity contribution is 6.74. The number of methoxy groups -OCH3 is 1. The number of ether oxygens (including phenoxy) is 3. The molecule has 3 aromatic carbocycles. The zero-order chi connectivity index (χ0) is 46.4. The highest BCUT2D eigenvalue weighted by Gasteiger charge is 2.46. The SMILES string of the molecule is COc1cc(OCC(=O)NCCCCc2cccc(C3(C(=O)O[C@H]4CN5CCC4CC5)CCCCC3)c2)c(Cl)cc1CNC[C@@H](O[Si](C)(C)C(C)(C)C)c1ccc(O)c2[nH]c(=O)ccc12. The van der Waals surface area contributed by atoms with E-state index in [2.05, 4.69) is 78.6 Å². The Hall–Kier alpha value is -4.40. The summed E-state index contributed by atoms with van der Waals surface area (Å²) in [5.41, 5.74) is 3.44. The van der Waals surface area contributed by atoms with Gasteiger partial charge in [-0.3, -0.25) is 19.3 Å². The lowest BCUT2D eigenvalue weighted by molar-refractivity contribution is -0.167. The summed E-state index contributed by atoms with van der Waals surface area (Å²) in [5.74, 6) is 1.11. The number of rotatable bonds is 19. The number of pyridine rings is 1. The van der Waals surface area contributed by atoms with Crippen LogP contribution in [0.4, 0.5) is 0 Å². The van der Waals surface area contributed by atoms with Crippen molar-refractivity contribution < 1.29 is 33.3 Å². The quantitative estimate of drug-likeness (QED) is 0.0407. The van der Waals surface area contributed by atoms with E-state index in [0.717, 1.165) is 101 Å². The average molecular weight is 930 g/mol. The van der Waals surface area contributed by atoms with Gasteiger partial charge in [-0.05, 0) is 117 Å². The maximum Gasteiger partial charge on any atom is 0.316 e. The molecule has 65 heavy (non-hydrogen) atoms. The second kappa shape index (κ2) is 21.0. The zero-order valence-electron chi connectivity index (χ0n) is 39.2. The van der Waals surface area contributed by atoms with E-state index in [-0.39, 0.29) is 40.9 Å². The number of nitrogens with zero attached hydrogens (tertiary/aromatic N) is 1. The highest BCUT2D eigenvalue weighted by Crippen LogP contribution is 2.44. The predicted octanol–water partition coefficient (Wildman–Crippen LogP) is 9.11. The molecule has 8 rings (SSSR count). The molecule has 4 heterocycles. The summed E-state index contributed by atoms with van der Waals surface area (Å²) in [5, 5.41) is 18.1. The Morgan fingerprint density at radius 1 is 1.00 bits per heavy atom. The molecule has 1 saturated carbocycles. The van der Waals surface area contributed by atoms with Crippen molar-refractivity contribution in [1.29, 1.82) is 0 Å². The Bertz CT molecular complexity index is 2350. The number of aromatic amines is 1. The second-order valence-electron chi connectivity index (χ2n) is 19.9. The maximum atomic E-state index is 14.0. The van der Waals surface area contributed by atoms with Crippen LogP contribution in [-0.4, -0.2) is 87.7 Å². The summed E-state index contributed by atoms with van der Waals surface area (Å²) in [6.45, 7) is 15.2. The molecule has 14 heteroatoms. The van der Waals surface area contributed by atoms with Crippen molar-refractivity contribution in [1.82, 2.24) is 20.5 Å². The van der Waals surface area contributed by atoms with Gasteiger partial charge in [0.1, 0.15) is 23.4 Å². The number of carbonyl (C=O) groups excluding carboxylic acids is 2. The molecule has 0 radical (unpaired) electrons. The Kier molecular flexibility index (Phi) is 15.7. The maximum absolute atomic E-state index is 14.0. The van der Waals surface area contributed by atoms with Crippen molar-refractivity contribution in [3.8, 4) is 17.2 Å². The lowest BCUT2D eigenvalue weighted by Gasteiger charge is -2.45. The number of fused-ring (bicyclic) bond motifs is 4. The van der Waals surface area contributed by atoms with Gasteiger partial charge in [0.05, 0.1) is 29.2 Å². The van der Waals surface area contributed by atoms with E-state index in [0.29, 0.717) is 53.0 Å². The van der Waals surface area contributed by atoms with Gasteiger partial charge in [-0.25, -0.2) is 0 Å². The predicted molar refractivity (Wildman–Crippen MR) is 259 cm³/mol. The van der Waals surface area contributed by atoms with Gasteiger partial charge in [-0.1, -0.05) is 82.0 Å². The Labute approximate surface area is 390 Å². The van der Waals surface area contributed by atoms with Crippen LogP contribution in [0.3, 0.4) is 0 Å². The van der Waals surface area contributed by atoms with Crippen LogP contribution in [0.25, 0.3) is 10.9 Å². The van der Waals surface area contributed by atoms with Crippen LogP contribution < -0.4 is 25.7 Å². The zero-order valence-corrected chi connectivity index (χ0v) is 40.9. The fraction of sp³-hybridized carbons (Fsp3) is 0.549. The number of nitrogens with one attached hydrogen (secondary N) is 3.